The first-order chi connectivity index (χ1) is 16.2. The van der Waals surface area contributed by atoms with Gasteiger partial charge in [0, 0.05) is 22.8 Å². The number of nitrogens with one attached hydrogen (secondary N) is 1. The highest BCUT2D eigenvalue weighted by Gasteiger charge is 2.22. The minimum absolute atomic E-state index is 0.570. The molecular formula is C26H27BrN4O2. The quantitative estimate of drug-likeness (QED) is 0.350. The molecule has 1 saturated heterocycles. The lowest BCUT2D eigenvalue weighted by Gasteiger charge is -2.32. The van der Waals surface area contributed by atoms with E-state index in [1.807, 2.05) is 36.4 Å². The average molecular weight is 507 g/mol. The standard InChI is InChI=1S/C26H27BrN4O2/c1-32-24-5-3-2-4-22(24)18-10-12-31(13-11-18)14-15-33-21-8-6-19(7-9-21)25-29-23-16-20(27)17-28-26(23)30-25/h2-9,16-18H,10-15H2,1H3,(H,28,29,30). The minimum Gasteiger partial charge on any atom is -0.496 e. The first-order valence-electron chi connectivity index (χ1n) is 11.3. The predicted molar refractivity (Wildman–Crippen MR) is 134 cm³/mol. The Morgan fingerprint density at radius 2 is 1.88 bits per heavy atom. The van der Waals surface area contributed by atoms with Crippen LogP contribution in [0.4, 0.5) is 0 Å². The fraction of sp³-hybridized carbons (Fsp3) is 0.308. The second-order valence-corrected chi connectivity index (χ2v) is 9.25. The molecule has 0 aliphatic carbocycles. The Balaban J connectivity index is 1.11. The number of hydrogen-bond acceptors (Lipinski definition) is 5. The molecule has 0 radical (unpaired) electrons. The van der Waals surface area contributed by atoms with E-state index >= 15 is 0 Å². The van der Waals surface area contributed by atoms with Crippen molar-refractivity contribution in [3.05, 3.63) is 70.8 Å². The van der Waals surface area contributed by atoms with Crippen molar-refractivity contribution in [1.29, 1.82) is 0 Å². The van der Waals surface area contributed by atoms with Crippen LogP contribution in [-0.2, 0) is 0 Å². The molecule has 0 bridgehead atoms. The molecule has 1 N–H and O–H groups in total. The Hall–Kier alpha value is -2.90. The summed E-state index contributed by atoms with van der Waals surface area (Å²) in [6.45, 7) is 3.79. The first kappa shape index (κ1) is 21.9. The highest BCUT2D eigenvalue weighted by molar-refractivity contribution is 9.10. The number of rotatable bonds is 7. The number of hydrogen-bond donors (Lipinski definition) is 1. The summed E-state index contributed by atoms with van der Waals surface area (Å²) in [5, 5.41) is 0. The summed E-state index contributed by atoms with van der Waals surface area (Å²) in [4.78, 5) is 14.7. The number of aromatic amines is 1. The number of methoxy groups -OCH3 is 1. The summed E-state index contributed by atoms with van der Waals surface area (Å²) in [6.07, 6.45) is 4.07. The highest BCUT2D eigenvalue weighted by Crippen LogP contribution is 2.34. The molecule has 1 aliphatic rings. The minimum atomic E-state index is 0.570. The second-order valence-electron chi connectivity index (χ2n) is 8.34. The van der Waals surface area contributed by atoms with Crippen molar-refractivity contribution in [3.8, 4) is 22.9 Å². The van der Waals surface area contributed by atoms with E-state index in [4.69, 9.17) is 9.47 Å². The summed E-state index contributed by atoms with van der Waals surface area (Å²) in [5.74, 6) is 3.26. The number of fused-ring (bicyclic) bond motifs is 1. The molecule has 0 amide bonds. The van der Waals surface area contributed by atoms with Crippen LogP contribution in [0.5, 0.6) is 11.5 Å². The number of likely N-dealkylation sites (tertiary alicyclic amines) is 1. The van der Waals surface area contributed by atoms with Gasteiger partial charge in [0.15, 0.2) is 5.65 Å². The molecule has 1 aliphatic heterocycles. The molecule has 7 heteroatoms. The third-order valence-electron chi connectivity index (χ3n) is 6.27. The van der Waals surface area contributed by atoms with Crippen molar-refractivity contribution in [2.45, 2.75) is 18.8 Å². The number of imidazole rings is 1. The highest BCUT2D eigenvalue weighted by atomic mass is 79.9. The maximum Gasteiger partial charge on any atom is 0.157 e. The Kier molecular flexibility index (Phi) is 6.60. The number of benzene rings is 2. The number of halogens is 1. The zero-order valence-electron chi connectivity index (χ0n) is 18.6. The molecule has 1 fully saturated rings. The summed E-state index contributed by atoms with van der Waals surface area (Å²) in [5.41, 5.74) is 3.97. The van der Waals surface area contributed by atoms with Crippen molar-refractivity contribution >= 4 is 27.1 Å². The Morgan fingerprint density at radius 3 is 2.67 bits per heavy atom. The second kappa shape index (κ2) is 9.93. The molecule has 2 aromatic heterocycles. The van der Waals surface area contributed by atoms with Crippen LogP contribution >= 0.6 is 15.9 Å². The molecule has 5 rings (SSSR count). The van der Waals surface area contributed by atoms with Crippen LogP contribution in [0, 0.1) is 0 Å². The van der Waals surface area contributed by atoms with Crippen LogP contribution < -0.4 is 9.47 Å². The van der Waals surface area contributed by atoms with Gasteiger partial charge in [-0.1, -0.05) is 18.2 Å². The lowest BCUT2D eigenvalue weighted by atomic mass is 9.89. The van der Waals surface area contributed by atoms with E-state index in [2.05, 4.69) is 54.0 Å². The van der Waals surface area contributed by atoms with Gasteiger partial charge in [0.25, 0.3) is 0 Å². The third-order valence-corrected chi connectivity index (χ3v) is 6.71. The van der Waals surface area contributed by atoms with Gasteiger partial charge in [0.1, 0.15) is 29.4 Å². The number of ether oxygens (including phenoxy) is 2. The zero-order valence-corrected chi connectivity index (χ0v) is 20.2. The lowest BCUT2D eigenvalue weighted by Crippen LogP contribution is -2.35. The summed E-state index contributed by atoms with van der Waals surface area (Å²) in [6, 6.07) is 18.4. The topological polar surface area (TPSA) is 63.3 Å². The first-order valence-corrected chi connectivity index (χ1v) is 12.1. The largest absolute Gasteiger partial charge is 0.496 e. The van der Waals surface area contributed by atoms with Gasteiger partial charge in [0.2, 0.25) is 0 Å². The van der Waals surface area contributed by atoms with Crippen molar-refractivity contribution in [3.63, 3.8) is 0 Å². The van der Waals surface area contributed by atoms with Crippen molar-refractivity contribution in [2.24, 2.45) is 0 Å². The normalized spacial score (nSPS) is 15.1. The van der Waals surface area contributed by atoms with Gasteiger partial charge in [-0.25, -0.2) is 9.97 Å². The average Bonchev–Trinajstić information content (AvgIpc) is 3.28. The Morgan fingerprint density at radius 1 is 1.09 bits per heavy atom. The fourth-order valence-corrected chi connectivity index (χ4v) is 4.80. The molecule has 4 aromatic rings. The lowest BCUT2D eigenvalue weighted by molar-refractivity contribution is 0.172. The predicted octanol–water partition coefficient (Wildman–Crippen LogP) is 5.65. The number of piperidine rings is 1. The maximum atomic E-state index is 6.01. The van der Waals surface area contributed by atoms with Crippen LogP contribution in [0.2, 0.25) is 0 Å². The van der Waals surface area contributed by atoms with E-state index in [0.717, 1.165) is 71.0 Å². The molecule has 2 aromatic carbocycles. The Labute approximate surface area is 202 Å². The van der Waals surface area contributed by atoms with Gasteiger partial charge in [0.05, 0.1) is 7.11 Å². The van der Waals surface area contributed by atoms with E-state index in [9.17, 15) is 0 Å². The molecular weight excluding hydrogens is 480 g/mol. The summed E-state index contributed by atoms with van der Waals surface area (Å²) in [7, 11) is 1.75. The smallest absolute Gasteiger partial charge is 0.157 e. The summed E-state index contributed by atoms with van der Waals surface area (Å²) < 4.78 is 12.5. The molecule has 0 saturated carbocycles. The van der Waals surface area contributed by atoms with E-state index in [1.54, 1.807) is 13.3 Å². The van der Waals surface area contributed by atoms with Crippen LogP contribution in [0.3, 0.4) is 0 Å². The monoisotopic (exact) mass is 506 g/mol. The number of aromatic nitrogens is 3. The fourth-order valence-electron chi connectivity index (χ4n) is 4.48. The molecule has 6 nitrogen and oxygen atoms in total. The third kappa shape index (κ3) is 5.04. The van der Waals surface area contributed by atoms with E-state index in [1.165, 1.54) is 5.56 Å². The van der Waals surface area contributed by atoms with Crippen molar-refractivity contribution in [1.82, 2.24) is 19.9 Å². The van der Waals surface area contributed by atoms with Gasteiger partial charge < -0.3 is 14.5 Å². The number of H-pyrrole nitrogens is 1. The Bertz CT molecular complexity index is 1220. The van der Waals surface area contributed by atoms with Crippen molar-refractivity contribution < 1.29 is 9.47 Å². The van der Waals surface area contributed by atoms with Crippen LogP contribution in [0.1, 0.15) is 24.3 Å². The molecule has 0 atom stereocenters. The van der Waals surface area contributed by atoms with E-state index < -0.39 is 0 Å². The molecule has 3 heterocycles. The molecule has 0 spiro atoms. The van der Waals surface area contributed by atoms with E-state index in [-0.39, 0.29) is 0 Å². The van der Waals surface area contributed by atoms with Crippen LogP contribution in [0.25, 0.3) is 22.6 Å². The van der Waals surface area contributed by atoms with Gasteiger partial charge in [-0.05, 0) is 89.7 Å². The van der Waals surface area contributed by atoms with Gasteiger partial charge >= 0.3 is 0 Å². The molecule has 170 valence electrons. The number of nitrogens with zero attached hydrogens (tertiary/aromatic N) is 3. The van der Waals surface area contributed by atoms with Crippen LogP contribution in [0.15, 0.2) is 65.3 Å². The number of para-hydroxylation sites is 1. The van der Waals surface area contributed by atoms with Gasteiger partial charge in [-0.3, -0.25) is 4.90 Å². The van der Waals surface area contributed by atoms with Gasteiger partial charge in [-0.15, -0.1) is 0 Å². The van der Waals surface area contributed by atoms with Gasteiger partial charge in [-0.2, -0.15) is 0 Å². The van der Waals surface area contributed by atoms with Crippen molar-refractivity contribution in [2.75, 3.05) is 33.4 Å². The van der Waals surface area contributed by atoms with Crippen LogP contribution in [-0.4, -0.2) is 53.2 Å². The molecule has 0 unspecified atom stereocenters. The SMILES string of the molecule is COc1ccccc1C1CCN(CCOc2ccc(-c3nc4cc(Br)cnc4[nH]3)cc2)CC1. The number of pyridine rings is 1. The molecule has 33 heavy (non-hydrogen) atoms. The zero-order chi connectivity index (χ0) is 22.6. The van der Waals surface area contributed by atoms with E-state index in [0.29, 0.717) is 12.5 Å². The maximum absolute atomic E-state index is 6.01. The summed E-state index contributed by atoms with van der Waals surface area (Å²) >= 11 is 3.44.